The lowest BCUT2D eigenvalue weighted by atomic mass is 10.1. The molecule has 1 saturated heterocycles. The fourth-order valence-corrected chi connectivity index (χ4v) is 3.07. The summed E-state index contributed by atoms with van der Waals surface area (Å²) in [5.74, 6) is 1.94. The van der Waals surface area contributed by atoms with Crippen LogP contribution in [0.25, 0.3) is 0 Å². The van der Waals surface area contributed by atoms with Gasteiger partial charge in [-0.2, -0.15) is 0 Å². The average molecular weight is 345 g/mol. The van der Waals surface area contributed by atoms with E-state index in [1.54, 1.807) is 37.3 Å². The number of anilines is 1. The Balaban J connectivity index is 1.73. The summed E-state index contributed by atoms with van der Waals surface area (Å²) in [5.41, 5.74) is 1.56. The summed E-state index contributed by atoms with van der Waals surface area (Å²) in [7, 11) is 3.14. The number of aromatic nitrogens is 1. The SMILES string of the molecule is CCc1cc([C@@H]2CCCN2C(=O)Nc2ccc(OC)c(OC)c2)on1. The van der Waals surface area contributed by atoms with Crippen LogP contribution >= 0.6 is 0 Å². The van der Waals surface area contributed by atoms with Crippen molar-refractivity contribution >= 4 is 11.7 Å². The molecular formula is C18H23N3O4. The van der Waals surface area contributed by atoms with Crippen molar-refractivity contribution in [2.45, 2.75) is 32.2 Å². The largest absolute Gasteiger partial charge is 0.493 e. The van der Waals surface area contributed by atoms with Crippen molar-refractivity contribution < 1.29 is 18.8 Å². The van der Waals surface area contributed by atoms with Crippen LogP contribution in [0.5, 0.6) is 11.5 Å². The summed E-state index contributed by atoms with van der Waals surface area (Å²) in [6, 6.07) is 6.99. The number of nitrogens with zero attached hydrogens (tertiary/aromatic N) is 2. The van der Waals surface area contributed by atoms with Gasteiger partial charge in [0, 0.05) is 24.4 Å². The average Bonchev–Trinajstić information content (AvgIpc) is 3.30. The third kappa shape index (κ3) is 3.55. The second kappa shape index (κ2) is 7.46. The van der Waals surface area contributed by atoms with E-state index in [2.05, 4.69) is 10.5 Å². The highest BCUT2D eigenvalue weighted by molar-refractivity contribution is 5.90. The van der Waals surface area contributed by atoms with Gasteiger partial charge in [-0.05, 0) is 31.4 Å². The van der Waals surface area contributed by atoms with E-state index in [1.807, 2.05) is 13.0 Å². The summed E-state index contributed by atoms with van der Waals surface area (Å²) in [4.78, 5) is 14.5. The summed E-state index contributed by atoms with van der Waals surface area (Å²) in [6.07, 6.45) is 2.62. The number of benzene rings is 1. The van der Waals surface area contributed by atoms with E-state index in [1.165, 1.54) is 0 Å². The molecule has 25 heavy (non-hydrogen) atoms. The Labute approximate surface area is 146 Å². The van der Waals surface area contributed by atoms with Crippen molar-refractivity contribution in [1.29, 1.82) is 0 Å². The Hall–Kier alpha value is -2.70. The molecular weight excluding hydrogens is 322 g/mol. The molecule has 1 N–H and O–H groups in total. The third-order valence-electron chi connectivity index (χ3n) is 4.42. The lowest BCUT2D eigenvalue weighted by Gasteiger charge is -2.23. The summed E-state index contributed by atoms with van der Waals surface area (Å²) < 4.78 is 15.9. The fraction of sp³-hybridized carbons (Fsp3) is 0.444. The molecule has 0 aliphatic carbocycles. The zero-order chi connectivity index (χ0) is 17.8. The number of hydrogen-bond donors (Lipinski definition) is 1. The van der Waals surface area contributed by atoms with Gasteiger partial charge in [0.05, 0.1) is 26.0 Å². The standard InChI is InChI=1S/C18H23N3O4/c1-4-12-10-16(25-20-12)14-6-5-9-21(14)18(22)19-13-7-8-15(23-2)17(11-13)24-3/h7-8,10-11,14H,4-6,9H2,1-3H3,(H,19,22)/t14-/m0/s1. The number of aryl methyl sites for hydroxylation is 1. The molecule has 1 aliphatic heterocycles. The molecule has 3 rings (SSSR count). The minimum atomic E-state index is -0.163. The maximum absolute atomic E-state index is 12.7. The maximum Gasteiger partial charge on any atom is 0.322 e. The van der Waals surface area contributed by atoms with E-state index < -0.39 is 0 Å². The molecule has 1 aromatic carbocycles. The molecule has 1 atom stereocenters. The predicted molar refractivity (Wildman–Crippen MR) is 93.1 cm³/mol. The van der Waals surface area contributed by atoms with Gasteiger partial charge in [0.2, 0.25) is 0 Å². The van der Waals surface area contributed by atoms with E-state index in [-0.39, 0.29) is 12.1 Å². The molecule has 2 amide bonds. The van der Waals surface area contributed by atoms with Gasteiger partial charge in [-0.15, -0.1) is 0 Å². The van der Waals surface area contributed by atoms with Crippen molar-refractivity contribution in [3.63, 3.8) is 0 Å². The van der Waals surface area contributed by atoms with Crippen LogP contribution in [0.4, 0.5) is 10.5 Å². The summed E-state index contributed by atoms with van der Waals surface area (Å²) in [5, 5.41) is 6.95. The first-order chi connectivity index (χ1) is 12.2. The number of carbonyl (C=O) groups is 1. The fourth-order valence-electron chi connectivity index (χ4n) is 3.07. The van der Waals surface area contributed by atoms with Crippen molar-refractivity contribution in [2.75, 3.05) is 26.1 Å². The van der Waals surface area contributed by atoms with Crippen molar-refractivity contribution in [1.82, 2.24) is 10.1 Å². The van der Waals surface area contributed by atoms with E-state index in [4.69, 9.17) is 14.0 Å². The van der Waals surface area contributed by atoms with Crippen molar-refractivity contribution in [3.05, 3.63) is 35.7 Å². The Morgan fingerprint density at radius 2 is 2.12 bits per heavy atom. The summed E-state index contributed by atoms with van der Waals surface area (Å²) >= 11 is 0. The zero-order valence-corrected chi connectivity index (χ0v) is 14.7. The van der Waals surface area contributed by atoms with Gasteiger partial charge in [-0.25, -0.2) is 4.79 Å². The van der Waals surface area contributed by atoms with Crippen LogP contribution in [-0.2, 0) is 6.42 Å². The normalized spacial score (nSPS) is 16.8. The number of nitrogens with one attached hydrogen (secondary N) is 1. The Morgan fingerprint density at radius 3 is 2.80 bits per heavy atom. The van der Waals surface area contributed by atoms with Crippen LogP contribution < -0.4 is 14.8 Å². The van der Waals surface area contributed by atoms with E-state index in [0.29, 0.717) is 23.7 Å². The minimum Gasteiger partial charge on any atom is -0.493 e. The van der Waals surface area contributed by atoms with Gasteiger partial charge in [-0.1, -0.05) is 12.1 Å². The molecule has 0 radical (unpaired) electrons. The van der Waals surface area contributed by atoms with E-state index in [0.717, 1.165) is 30.7 Å². The van der Waals surface area contributed by atoms with Gasteiger partial charge < -0.3 is 24.2 Å². The Bertz CT molecular complexity index is 744. The number of ether oxygens (including phenoxy) is 2. The van der Waals surface area contributed by atoms with Crippen LogP contribution in [0.2, 0.25) is 0 Å². The lowest BCUT2D eigenvalue weighted by Crippen LogP contribution is -2.34. The molecule has 1 aromatic heterocycles. The monoisotopic (exact) mass is 345 g/mol. The highest BCUT2D eigenvalue weighted by Gasteiger charge is 2.33. The molecule has 0 saturated carbocycles. The van der Waals surface area contributed by atoms with Gasteiger partial charge in [-0.3, -0.25) is 0 Å². The molecule has 0 bridgehead atoms. The van der Waals surface area contributed by atoms with Gasteiger partial charge in [0.25, 0.3) is 0 Å². The first-order valence-corrected chi connectivity index (χ1v) is 8.41. The van der Waals surface area contributed by atoms with Crippen LogP contribution in [-0.4, -0.2) is 36.9 Å². The molecule has 2 aromatic rings. The minimum absolute atomic E-state index is 0.0760. The van der Waals surface area contributed by atoms with E-state index in [9.17, 15) is 4.79 Å². The number of amides is 2. The highest BCUT2D eigenvalue weighted by Crippen LogP contribution is 2.34. The predicted octanol–water partition coefficient (Wildman–Crippen LogP) is 3.62. The molecule has 7 heteroatoms. The Kier molecular flexibility index (Phi) is 5.11. The van der Waals surface area contributed by atoms with Crippen molar-refractivity contribution in [2.24, 2.45) is 0 Å². The van der Waals surface area contributed by atoms with Crippen LogP contribution in [0.1, 0.15) is 37.3 Å². The molecule has 2 heterocycles. The van der Waals surface area contributed by atoms with Crippen LogP contribution in [0.15, 0.2) is 28.8 Å². The van der Waals surface area contributed by atoms with Crippen LogP contribution in [0, 0.1) is 0 Å². The third-order valence-corrected chi connectivity index (χ3v) is 4.42. The molecule has 0 unspecified atom stereocenters. The lowest BCUT2D eigenvalue weighted by molar-refractivity contribution is 0.195. The second-order valence-electron chi connectivity index (χ2n) is 5.93. The topological polar surface area (TPSA) is 76.8 Å². The van der Waals surface area contributed by atoms with Crippen LogP contribution in [0.3, 0.4) is 0 Å². The molecule has 0 spiro atoms. The zero-order valence-electron chi connectivity index (χ0n) is 14.7. The molecule has 1 fully saturated rings. The number of hydrogen-bond acceptors (Lipinski definition) is 5. The van der Waals surface area contributed by atoms with E-state index >= 15 is 0 Å². The van der Waals surface area contributed by atoms with Crippen molar-refractivity contribution in [3.8, 4) is 11.5 Å². The first kappa shape index (κ1) is 17.1. The van der Waals surface area contributed by atoms with Gasteiger partial charge >= 0.3 is 6.03 Å². The number of carbonyl (C=O) groups excluding carboxylic acids is 1. The molecule has 134 valence electrons. The smallest absolute Gasteiger partial charge is 0.322 e. The van der Waals surface area contributed by atoms with Gasteiger partial charge in [0.15, 0.2) is 17.3 Å². The molecule has 1 aliphatic rings. The summed E-state index contributed by atoms with van der Waals surface area (Å²) in [6.45, 7) is 2.71. The molecule has 7 nitrogen and oxygen atoms in total. The Morgan fingerprint density at radius 1 is 1.32 bits per heavy atom. The number of rotatable bonds is 5. The number of likely N-dealkylation sites (tertiary alicyclic amines) is 1. The second-order valence-corrected chi connectivity index (χ2v) is 5.93. The maximum atomic E-state index is 12.7. The highest BCUT2D eigenvalue weighted by atomic mass is 16.5. The number of methoxy groups -OCH3 is 2. The quantitative estimate of drug-likeness (QED) is 0.895. The number of urea groups is 1. The first-order valence-electron chi connectivity index (χ1n) is 8.41. The van der Waals surface area contributed by atoms with Gasteiger partial charge in [0.1, 0.15) is 0 Å².